The highest BCUT2D eigenvalue weighted by atomic mass is 32.2. The summed E-state index contributed by atoms with van der Waals surface area (Å²) in [4.78, 5) is 39.3. The van der Waals surface area contributed by atoms with Crippen LogP contribution in [0.4, 0.5) is 5.69 Å². The van der Waals surface area contributed by atoms with Crippen LogP contribution in [0.5, 0.6) is 0 Å². The Kier molecular flexibility index (Phi) is 5.66. The van der Waals surface area contributed by atoms with Crippen LogP contribution in [0.15, 0.2) is 38.8 Å². The Balaban J connectivity index is 1.85. The first-order chi connectivity index (χ1) is 13.3. The van der Waals surface area contributed by atoms with Crippen molar-refractivity contribution >= 4 is 21.6 Å². The van der Waals surface area contributed by atoms with Crippen molar-refractivity contribution in [3.05, 3.63) is 56.4 Å². The third-order valence-corrected chi connectivity index (χ3v) is 5.79. The molecule has 28 heavy (non-hydrogen) atoms. The van der Waals surface area contributed by atoms with Gasteiger partial charge in [-0.1, -0.05) is 12.1 Å². The topological polar surface area (TPSA) is 150 Å². The lowest BCUT2D eigenvalue weighted by Gasteiger charge is -2.14. The first-order valence-corrected chi connectivity index (χ1v) is 10.1. The summed E-state index contributed by atoms with van der Waals surface area (Å²) in [6.45, 7) is 2.27. The average Bonchev–Trinajstić information content (AvgIpc) is 3.12. The van der Waals surface area contributed by atoms with Crippen LogP contribution in [0.3, 0.4) is 0 Å². The molecule has 1 atom stereocenters. The van der Waals surface area contributed by atoms with E-state index >= 15 is 0 Å². The smallest absolute Gasteiger partial charge is 0.325 e. The molecule has 1 aliphatic rings. The van der Waals surface area contributed by atoms with Crippen LogP contribution in [0, 0.1) is 6.92 Å². The van der Waals surface area contributed by atoms with Crippen LogP contribution in [0.1, 0.15) is 28.9 Å². The first kappa shape index (κ1) is 19.8. The van der Waals surface area contributed by atoms with Gasteiger partial charge in [-0.3, -0.25) is 19.3 Å². The number of carbonyl (C=O) groups excluding carboxylic acids is 1. The number of aromatic amines is 2. The predicted octanol–water partition coefficient (Wildman–Crippen LogP) is 0.0812. The second kappa shape index (κ2) is 7.98. The van der Waals surface area contributed by atoms with Gasteiger partial charge in [0.25, 0.3) is 21.5 Å². The van der Waals surface area contributed by atoms with Gasteiger partial charge in [0.2, 0.25) is 0 Å². The number of amides is 1. The molecule has 1 aromatic carbocycles. The molecule has 0 bridgehead atoms. The number of ether oxygens (including phenoxy) is 1. The van der Waals surface area contributed by atoms with Crippen molar-refractivity contribution in [2.75, 3.05) is 17.9 Å². The van der Waals surface area contributed by atoms with Gasteiger partial charge >= 0.3 is 5.69 Å². The number of sulfonamides is 1. The van der Waals surface area contributed by atoms with Gasteiger partial charge in [0.05, 0.1) is 17.4 Å². The Morgan fingerprint density at radius 2 is 2.00 bits per heavy atom. The number of H-pyrrole nitrogens is 2. The quantitative estimate of drug-likeness (QED) is 0.532. The second-order valence-corrected chi connectivity index (χ2v) is 7.98. The SMILES string of the molecule is Cc1[nH]c(=O)[nH]c(=O)c1S(=O)(=O)Nc1ccccc1C(=O)NC[C@@H]1CCCO1. The number of aromatic nitrogens is 2. The maximum absolute atomic E-state index is 12.7. The highest BCUT2D eigenvalue weighted by molar-refractivity contribution is 7.92. The van der Waals surface area contributed by atoms with E-state index in [1.165, 1.54) is 19.1 Å². The molecule has 150 valence electrons. The molecule has 1 aliphatic heterocycles. The number of hydrogen-bond acceptors (Lipinski definition) is 6. The lowest BCUT2D eigenvalue weighted by atomic mass is 10.1. The molecule has 1 aromatic heterocycles. The lowest BCUT2D eigenvalue weighted by Crippen LogP contribution is -2.33. The van der Waals surface area contributed by atoms with Gasteiger partial charge in [0, 0.05) is 18.8 Å². The monoisotopic (exact) mass is 408 g/mol. The van der Waals surface area contributed by atoms with Crippen molar-refractivity contribution in [3.8, 4) is 0 Å². The van der Waals surface area contributed by atoms with Crippen molar-refractivity contribution in [1.29, 1.82) is 0 Å². The fourth-order valence-corrected chi connectivity index (χ4v) is 4.30. The summed E-state index contributed by atoms with van der Waals surface area (Å²) in [6.07, 6.45) is 1.72. The van der Waals surface area contributed by atoms with Crippen molar-refractivity contribution in [2.24, 2.45) is 0 Å². The lowest BCUT2D eigenvalue weighted by molar-refractivity contribution is 0.0858. The van der Waals surface area contributed by atoms with Gasteiger partial charge in [-0.15, -0.1) is 0 Å². The fourth-order valence-electron chi connectivity index (χ4n) is 2.99. The van der Waals surface area contributed by atoms with Gasteiger partial charge in [0.15, 0.2) is 4.90 Å². The summed E-state index contributed by atoms with van der Waals surface area (Å²) in [5.41, 5.74) is -1.86. The molecular formula is C17H20N4O6S. The van der Waals surface area contributed by atoms with Gasteiger partial charge in [-0.2, -0.15) is 0 Å². The molecule has 0 aliphatic carbocycles. The van der Waals surface area contributed by atoms with Gasteiger partial charge < -0.3 is 15.0 Å². The number of carbonyl (C=O) groups is 1. The Hall–Kier alpha value is -2.92. The maximum Gasteiger partial charge on any atom is 0.325 e. The van der Waals surface area contributed by atoms with Crippen molar-refractivity contribution in [2.45, 2.75) is 30.8 Å². The number of aryl methyl sites for hydroxylation is 1. The molecule has 2 aromatic rings. The summed E-state index contributed by atoms with van der Waals surface area (Å²) in [6, 6.07) is 6.02. The Morgan fingerprint density at radius 3 is 2.68 bits per heavy atom. The van der Waals surface area contributed by atoms with E-state index in [0.717, 1.165) is 12.8 Å². The van der Waals surface area contributed by atoms with E-state index in [0.29, 0.717) is 13.2 Å². The van der Waals surface area contributed by atoms with E-state index < -0.39 is 32.1 Å². The van der Waals surface area contributed by atoms with Crippen LogP contribution in [0.2, 0.25) is 0 Å². The van der Waals surface area contributed by atoms with Crippen LogP contribution in [-0.4, -0.2) is 43.5 Å². The van der Waals surface area contributed by atoms with E-state index in [1.54, 1.807) is 12.1 Å². The summed E-state index contributed by atoms with van der Waals surface area (Å²) in [5.74, 6) is -0.471. The van der Waals surface area contributed by atoms with Crippen LogP contribution in [-0.2, 0) is 14.8 Å². The molecule has 0 spiro atoms. The zero-order chi connectivity index (χ0) is 20.3. The highest BCUT2D eigenvalue weighted by Crippen LogP contribution is 2.20. The van der Waals surface area contributed by atoms with E-state index in [-0.39, 0.29) is 23.0 Å². The summed E-state index contributed by atoms with van der Waals surface area (Å²) < 4.78 is 33.1. The second-order valence-electron chi connectivity index (χ2n) is 6.36. The van der Waals surface area contributed by atoms with Gasteiger partial charge in [-0.25, -0.2) is 13.2 Å². The summed E-state index contributed by atoms with van der Waals surface area (Å²) >= 11 is 0. The fraction of sp³-hybridized carbons (Fsp3) is 0.353. The molecular weight excluding hydrogens is 388 g/mol. The van der Waals surface area contributed by atoms with E-state index in [4.69, 9.17) is 4.74 Å². The minimum atomic E-state index is -4.35. The number of para-hydroxylation sites is 1. The van der Waals surface area contributed by atoms with Crippen molar-refractivity contribution < 1.29 is 17.9 Å². The molecule has 1 fully saturated rings. The van der Waals surface area contributed by atoms with Crippen LogP contribution in [0.25, 0.3) is 0 Å². The zero-order valence-corrected chi connectivity index (χ0v) is 15.9. The molecule has 10 nitrogen and oxygen atoms in total. The van der Waals surface area contributed by atoms with Gasteiger partial charge in [0.1, 0.15) is 0 Å². The average molecular weight is 408 g/mol. The number of hydrogen-bond donors (Lipinski definition) is 4. The normalized spacial score (nSPS) is 16.7. The van der Waals surface area contributed by atoms with Gasteiger partial charge in [-0.05, 0) is 31.9 Å². The van der Waals surface area contributed by atoms with E-state index in [1.807, 2.05) is 4.98 Å². The zero-order valence-electron chi connectivity index (χ0n) is 15.1. The maximum atomic E-state index is 12.7. The number of benzene rings is 1. The Morgan fingerprint density at radius 1 is 1.25 bits per heavy atom. The largest absolute Gasteiger partial charge is 0.376 e. The number of nitrogens with one attached hydrogen (secondary N) is 4. The first-order valence-electron chi connectivity index (χ1n) is 8.63. The number of anilines is 1. The molecule has 0 radical (unpaired) electrons. The molecule has 2 heterocycles. The molecule has 0 saturated carbocycles. The molecule has 1 amide bonds. The summed E-state index contributed by atoms with van der Waals surface area (Å²) in [7, 11) is -4.35. The third-order valence-electron chi connectivity index (χ3n) is 4.27. The van der Waals surface area contributed by atoms with Crippen LogP contribution >= 0.6 is 0 Å². The minimum Gasteiger partial charge on any atom is -0.376 e. The predicted molar refractivity (Wildman–Crippen MR) is 101 cm³/mol. The van der Waals surface area contributed by atoms with Crippen LogP contribution < -0.4 is 21.3 Å². The van der Waals surface area contributed by atoms with E-state index in [2.05, 4.69) is 15.0 Å². The van der Waals surface area contributed by atoms with Crippen molar-refractivity contribution in [1.82, 2.24) is 15.3 Å². The Bertz CT molecular complexity index is 1100. The summed E-state index contributed by atoms with van der Waals surface area (Å²) in [5, 5.41) is 2.72. The molecule has 3 rings (SSSR count). The molecule has 0 unspecified atom stereocenters. The number of rotatable bonds is 6. The Labute approximate surface area is 160 Å². The van der Waals surface area contributed by atoms with E-state index in [9.17, 15) is 22.8 Å². The molecule has 11 heteroatoms. The molecule has 4 N–H and O–H groups in total. The molecule has 1 saturated heterocycles. The third kappa shape index (κ3) is 4.31. The minimum absolute atomic E-state index is 0.0114. The highest BCUT2D eigenvalue weighted by Gasteiger charge is 2.25. The standard InChI is InChI=1S/C17H20N4O6S/c1-10-14(16(23)20-17(24)19-10)28(25,26)21-13-7-3-2-6-12(13)15(22)18-9-11-5-4-8-27-11/h2-3,6-7,11,21H,4-5,8-9H2,1H3,(H,18,22)(H2,19,20,23,24)/t11-/m0/s1. The van der Waals surface area contributed by atoms with Crippen molar-refractivity contribution in [3.63, 3.8) is 0 Å².